The summed E-state index contributed by atoms with van der Waals surface area (Å²) in [5.74, 6) is 0.991. The summed E-state index contributed by atoms with van der Waals surface area (Å²) in [5.41, 5.74) is 6.58. The second-order valence-electron chi connectivity index (χ2n) is 4.22. The zero-order valence-electron chi connectivity index (χ0n) is 9.63. The van der Waals surface area contributed by atoms with Gasteiger partial charge in [0.2, 0.25) is 0 Å². The first-order valence-corrected chi connectivity index (χ1v) is 6.19. The summed E-state index contributed by atoms with van der Waals surface area (Å²) in [6.07, 6.45) is 0. The Bertz CT molecular complexity index is 340. The largest absolute Gasteiger partial charge is 0.383 e. The van der Waals surface area contributed by atoms with Crippen LogP contribution < -0.4 is 11.1 Å². The maximum absolute atomic E-state index is 6.07. The number of anilines is 1. The maximum atomic E-state index is 6.07. The first-order chi connectivity index (χ1) is 7.56. The highest BCUT2D eigenvalue weighted by Crippen LogP contribution is 2.29. The third-order valence-electron chi connectivity index (χ3n) is 2.75. The Balaban J connectivity index is 2.64. The highest BCUT2D eigenvalue weighted by Gasteiger charge is 2.12. The van der Waals surface area contributed by atoms with Crippen LogP contribution in [-0.2, 0) is 0 Å². The number of halogens is 2. The standard InChI is InChI=1S/C12H18Cl2N2/c1-8(2)9(6-15)7-16-11-5-3-4-10(13)12(11)14/h3-5,8-9,16H,6-7,15H2,1-2H3. The minimum atomic E-state index is 0.440. The quantitative estimate of drug-likeness (QED) is 0.849. The number of hydrogen-bond donors (Lipinski definition) is 2. The van der Waals surface area contributed by atoms with E-state index in [1.54, 1.807) is 6.07 Å². The molecule has 0 saturated carbocycles. The fraction of sp³-hybridized carbons (Fsp3) is 0.500. The summed E-state index contributed by atoms with van der Waals surface area (Å²) in [6, 6.07) is 5.57. The van der Waals surface area contributed by atoms with E-state index in [9.17, 15) is 0 Å². The lowest BCUT2D eigenvalue weighted by Gasteiger charge is -2.20. The van der Waals surface area contributed by atoms with Gasteiger partial charge in [-0.3, -0.25) is 0 Å². The number of nitrogens with two attached hydrogens (primary N) is 1. The summed E-state index contributed by atoms with van der Waals surface area (Å²) in [5, 5.41) is 4.43. The van der Waals surface area contributed by atoms with Gasteiger partial charge in [-0.15, -0.1) is 0 Å². The van der Waals surface area contributed by atoms with Crippen LogP contribution in [0.1, 0.15) is 13.8 Å². The van der Waals surface area contributed by atoms with Crippen LogP contribution in [0.25, 0.3) is 0 Å². The molecule has 0 aliphatic rings. The Morgan fingerprint density at radius 1 is 1.31 bits per heavy atom. The molecule has 1 unspecified atom stereocenters. The third kappa shape index (κ3) is 3.55. The van der Waals surface area contributed by atoms with Gasteiger partial charge in [-0.1, -0.05) is 43.1 Å². The molecule has 0 aromatic heterocycles. The van der Waals surface area contributed by atoms with Crippen molar-refractivity contribution in [3.05, 3.63) is 28.2 Å². The topological polar surface area (TPSA) is 38.0 Å². The van der Waals surface area contributed by atoms with Gasteiger partial charge in [-0.25, -0.2) is 0 Å². The molecule has 90 valence electrons. The Kier molecular flexibility index (Phi) is 5.39. The van der Waals surface area contributed by atoms with Crippen molar-refractivity contribution in [2.75, 3.05) is 18.4 Å². The van der Waals surface area contributed by atoms with E-state index >= 15 is 0 Å². The summed E-state index contributed by atoms with van der Waals surface area (Å²) >= 11 is 12.0. The van der Waals surface area contributed by atoms with Gasteiger partial charge in [0.05, 0.1) is 15.7 Å². The Hall–Kier alpha value is -0.440. The number of rotatable bonds is 5. The molecular weight excluding hydrogens is 243 g/mol. The predicted octanol–water partition coefficient (Wildman–Crippen LogP) is 3.64. The minimum Gasteiger partial charge on any atom is -0.383 e. The Labute approximate surface area is 107 Å². The lowest BCUT2D eigenvalue weighted by molar-refractivity contribution is 0.413. The molecular formula is C12H18Cl2N2. The van der Waals surface area contributed by atoms with Crippen LogP contribution in [0.3, 0.4) is 0 Å². The van der Waals surface area contributed by atoms with Crippen molar-refractivity contribution in [2.45, 2.75) is 13.8 Å². The van der Waals surface area contributed by atoms with E-state index < -0.39 is 0 Å². The average molecular weight is 261 g/mol. The lowest BCUT2D eigenvalue weighted by Crippen LogP contribution is -2.27. The minimum absolute atomic E-state index is 0.440. The normalized spacial score (nSPS) is 12.9. The van der Waals surface area contributed by atoms with Gasteiger partial charge < -0.3 is 11.1 Å². The van der Waals surface area contributed by atoms with Crippen molar-refractivity contribution < 1.29 is 0 Å². The molecule has 0 radical (unpaired) electrons. The molecule has 0 saturated heterocycles. The van der Waals surface area contributed by atoms with E-state index in [-0.39, 0.29) is 0 Å². The summed E-state index contributed by atoms with van der Waals surface area (Å²) in [7, 11) is 0. The molecule has 0 amide bonds. The first-order valence-electron chi connectivity index (χ1n) is 5.44. The smallest absolute Gasteiger partial charge is 0.0823 e. The van der Waals surface area contributed by atoms with Gasteiger partial charge in [0, 0.05) is 6.54 Å². The molecule has 0 aliphatic carbocycles. The Morgan fingerprint density at radius 3 is 2.56 bits per heavy atom. The molecule has 2 nitrogen and oxygen atoms in total. The SMILES string of the molecule is CC(C)C(CN)CNc1cccc(Cl)c1Cl. The third-order valence-corrected chi connectivity index (χ3v) is 3.57. The van der Waals surface area contributed by atoms with Crippen LogP contribution in [-0.4, -0.2) is 13.1 Å². The van der Waals surface area contributed by atoms with Gasteiger partial charge >= 0.3 is 0 Å². The van der Waals surface area contributed by atoms with Gasteiger partial charge in [0.1, 0.15) is 0 Å². The van der Waals surface area contributed by atoms with Crippen molar-refractivity contribution in [2.24, 2.45) is 17.6 Å². The van der Waals surface area contributed by atoms with E-state index in [1.165, 1.54) is 0 Å². The average Bonchev–Trinajstić information content (AvgIpc) is 2.24. The van der Waals surface area contributed by atoms with Crippen molar-refractivity contribution in [1.29, 1.82) is 0 Å². The van der Waals surface area contributed by atoms with Crippen molar-refractivity contribution in [1.82, 2.24) is 0 Å². The molecule has 0 bridgehead atoms. The van der Waals surface area contributed by atoms with Crippen LogP contribution in [0.4, 0.5) is 5.69 Å². The van der Waals surface area contributed by atoms with Crippen LogP contribution in [0.2, 0.25) is 10.0 Å². The summed E-state index contributed by atoms with van der Waals surface area (Å²) in [6.45, 7) is 5.81. The molecule has 3 N–H and O–H groups in total. The predicted molar refractivity (Wildman–Crippen MR) is 72.3 cm³/mol. The molecule has 1 aromatic carbocycles. The number of hydrogen-bond acceptors (Lipinski definition) is 2. The number of benzene rings is 1. The second kappa shape index (κ2) is 6.33. The zero-order chi connectivity index (χ0) is 12.1. The Morgan fingerprint density at radius 2 is 2.00 bits per heavy atom. The molecule has 16 heavy (non-hydrogen) atoms. The molecule has 1 rings (SSSR count). The fourth-order valence-corrected chi connectivity index (χ4v) is 1.84. The summed E-state index contributed by atoms with van der Waals surface area (Å²) < 4.78 is 0. The lowest BCUT2D eigenvalue weighted by atomic mass is 9.96. The molecule has 1 atom stereocenters. The van der Waals surface area contributed by atoms with E-state index in [2.05, 4.69) is 19.2 Å². The molecule has 0 aliphatic heterocycles. The first kappa shape index (κ1) is 13.6. The van der Waals surface area contributed by atoms with Crippen LogP contribution >= 0.6 is 23.2 Å². The highest BCUT2D eigenvalue weighted by molar-refractivity contribution is 6.43. The van der Waals surface area contributed by atoms with Crippen molar-refractivity contribution in [3.63, 3.8) is 0 Å². The van der Waals surface area contributed by atoms with E-state index in [0.717, 1.165) is 12.2 Å². The van der Waals surface area contributed by atoms with Gasteiger partial charge in [-0.2, -0.15) is 0 Å². The second-order valence-corrected chi connectivity index (χ2v) is 5.01. The van der Waals surface area contributed by atoms with Gasteiger partial charge in [-0.05, 0) is 30.5 Å². The maximum Gasteiger partial charge on any atom is 0.0823 e. The van der Waals surface area contributed by atoms with Gasteiger partial charge in [0.15, 0.2) is 0 Å². The number of nitrogens with one attached hydrogen (secondary N) is 1. The van der Waals surface area contributed by atoms with Crippen LogP contribution in [0.5, 0.6) is 0 Å². The molecule has 1 aromatic rings. The van der Waals surface area contributed by atoms with E-state index in [0.29, 0.717) is 28.4 Å². The summed E-state index contributed by atoms with van der Waals surface area (Å²) in [4.78, 5) is 0. The zero-order valence-corrected chi connectivity index (χ0v) is 11.1. The molecule has 0 fully saturated rings. The fourth-order valence-electron chi connectivity index (χ4n) is 1.47. The van der Waals surface area contributed by atoms with E-state index in [1.807, 2.05) is 12.1 Å². The monoisotopic (exact) mass is 260 g/mol. The van der Waals surface area contributed by atoms with Crippen LogP contribution in [0.15, 0.2) is 18.2 Å². The molecule has 0 spiro atoms. The van der Waals surface area contributed by atoms with E-state index in [4.69, 9.17) is 28.9 Å². The molecule has 4 heteroatoms. The molecule has 0 heterocycles. The van der Waals surface area contributed by atoms with Crippen molar-refractivity contribution >= 4 is 28.9 Å². The highest BCUT2D eigenvalue weighted by atomic mass is 35.5. The van der Waals surface area contributed by atoms with Gasteiger partial charge in [0.25, 0.3) is 0 Å². The van der Waals surface area contributed by atoms with Crippen LogP contribution in [0, 0.1) is 11.8 Å². The van der Waals surface area contributed by atoms with Crippen molar-refractivity contribution in [3.8, 4) is 0 Å².